The number of rotatable bonds is 5. The Morgan fingerprint density at radius 2 is 2.19 bits per heavy atom. The zero-order valence-corrected chi connectivity index (χ0v) is 12.5. The third kappa shape index (κ3) is 2.14. The van der Waals surface area contributed by atoms with Gasteiger partial charge in [-0.2, -0.15) is 5.10 Å². The Bertz CT molecular complexity index is 583. The summed E-state index contributed by atoms with van der Waals surface area (Å²) in [5.41, 5.74) is -0.846. The standard InChI is InChI=1S/C13H20N4O4/c1-4-13(12(18)19)7-6-8-15(13)11-10(17(20)21)9(3)14-16(11)5-2/h4-8H2,1-3H3,(H,18,19). The van der Waals surface area contributed by atoms with Crippen molar-refractivity contribution in [2.24, 2.45) is 0 Å². The number of carbonyl (C=O) groups is 1. The Hall–Kier alpha value is -2.12. The predicted molar refractivity (Wildman–Crippen MR) is 76.5 cm³/mol. The van der Waals surface area contributed by atoms with E-state index in [2.05, 4.69) is 5.10 Å². The molecule has 2 heterocycles. The van der Waals surface area contributed by atoms with Crippen molar-refractivity contribution in [1.82, 2.24) is 9.78 Å². The second kappa shape index (κ2) is 5.34. The molecule has 1 saturated heterocycles. The monoisotopic (exact) mass is 296 g/mol. The lowest BCUT2D eigenvalue weighted by atomic mass is 9.93. The van der Waals surface area contributed by atoms with Gasteiger partial charge in [0, 0.05) is 13.1 Å². The number of nitro groups is 1. The highest BCUT2D eigenvalue weighted by Gasteiger charge is 2.50. The quantitative estimate of drug-likeness (QED) is 0.658. The zero-order valence-electron chi connectivity index (χ0n) is 12.5. The molecule has 1 unspecified atom stereocenters. The molecule has 0 radical (unpaired) electrons. The van der Waals surface area contributed by atoms with Crippen LogP contribution >= 0.6 is 0 Å². The number of aliphatic carboxylic acids is 1. The number of carboxylic acid groups (broad SMARTS) is 1. The number of nitrogens with zero attached hydrogens (tertiary/aromatic N) is 4. The van der Waals surface area contributed by atoms with E-state index in [1.165, 1.54) is 4.68 Å². The van der Waals surface area contributed by atoms with Crippen LogP contribution in [-0.4, -0.2) is 37.9 Å². The summed E-state index contributed by atoms with van der Waals surface area (Å²) >= 11 is 0. The van der Waals surface area contributed by atoms with Crippen molar-refractivity contribution in [2.45, 2.75) is 52.1 Å². The van der Waals surface area contributed by atoms with Crippen LogP contribution < -0.4 is 4.90 Å². The Morgan fingerprint density at radius 3 is 2.67 bits per heavy atom. The van der Waals surface area contributed by atoms with Gasteiger partial charge in [-0.15, -0.1) is 0 Å². The van der Waals surface area contributed by atoms with Gasteiger partial charge in [0.1, 0.15) is 11.2 Å². The summed E-state index contributed by atoms with van der Waals surface area (Å²) < 4.78 is 1.53. The van der Waals surface area contributed by atoms with E-state index >= 15 is 0 Å². The molecule has 116 valence electrons. The highest BCUT2D eigenvalue weighted by Crippen LogP contribution is 2.42. The summed E-state index contributed by atoms with van der Waals surface area (Å²) in [6.45, 7) is 6.17. The van der Waals surface area contributed by atoms with Gasteiger partial charge in [-0.3, -0.25) is 10.1 Å². The Labute approximate surface area is 122 Å². The molecule has 0 amide bonds. The van der Waals surface area contributed by atoms with E-state index in [4.69, 9.17) is 0 Å². The molecule has 0 saturated carbocycles. The maximum atomic E-state index is 11.8. The summed E-state index contributed by atoms with van der Waals surface area (Å²) in [4.78, 5) is 24.4. The first kappa shape index (κ1) is 15.3. The minimum Gasteiger partial charge on any atom is -0.479 e. The van der Waals surface area contributed by atoms with Crippen molar-refractivity contribution >= 4 is 17.5 Å². The van der Waals surface area contributed by atoms with Crippen molar-refractivity contribution in [1.29, 1.82) is 0 Å². The zero-order chi connectivity index (χ0) is 15.8. The molecular weight excluding hydrogens is 276 g/mol. The molecule has 1 aliphatic heterocycles. The summed E-state index contributed by atoms with van der Waals surface area (Å²) in [5, 5.41) is 25.2. The van der Waals surface area contributed by atoms with Gasteiger partial charge in [-0.25, -0.2) is 9.48 Å². The first-order valence-electron chi connectivity index (χ1n) is 7.11. The average molecular weight is 296 g/mol. The van der Waals surface area contributed by atoms with Crippen LogP contribution in [0.25, 0.3) is 0 Å². The third-order valence-electron chi connectivity index (χ3n) is 4.28. The summed E-state index contributed by atoms with van der Waals surface area (Å²) in [5.74, 6) is -0.611. The number of hydrogen-bond acceptors (Lipinski definition) is 5. The van der Waals surface area contributed by atoms with Gasteiger partial charge < -0.3 is 10.0 Å². The molecule has 1 aliphatic rings. The minimum absolute atomic E-state index is 0.0853. The molecule has 21 heavy (non-hydrogen) atoms. The molecule has 1 fully saturated rings. The Kier molecular flexibility index (Phi) is 3.89. The van der Waals surface area contributed by atoms with Crippen molar-refractivity contribution in [3.63, 3.8) is 0 Å². The number of carboxylic acids is 1. The molecule has 8 heteroatoms. The van der Waals surface area contributed by atoms with E-state index in [0.717, 1.165) is 0 Å². The van der Waals surface area contributed by atoms with Crippen LogP contribution in [-0.2, 0) is 11.3 Å². The van der Waals surface area contributed by atoms with Gasteiger partial charge in [-0.05, 0) is 33.1 Å². The van der Waals surface area contributed by atoms with Crippen LogP contribution in [0.5, 0.6) is 0 Å². The number of aryl methyl sites for hydroxylation is 2. The number of hydrogen-bond donors (Lipinski definition) is 1. The highest BCUT2D eigenvalue weighted by molar-refractivity contribution is 5.85. The first-order chi connectivity index (χ1) is 9.89. The molecule has 8 nitrogen and oxygen atoms in total. The minimum atomic E-state index is -1.08. The molecule has 1 N–H and O–H groups in total. The predicted octanol–water partition coefficient (Wildman–Crippen LogP) is 1.95. The Morgan fingerprint density at radius 1 is 1.52 bits per heavy atom. The normalized spacial score (nSPS) is 21.8. The van der Waals surface area contributed by atoms with Gasteiger partial charge >= 0.3 is 11.7 Å². The van der Waals surface area contributed by atoms with Crippen LogP contribution in [0.3, 0.4) is 0 Å². The summed E-state index contributed by atoms with van der Waals surface area (Å²) in [6, 6.07) is 0. The van der Waals surface area contributed by atoms with Gasteiger partial charge in [0.25, 0.3) is 0 Å². The summed E-state index contributed by atoms with van der Waals surface area (Å²) in [7, 11) is 0. The van der Waals surface area contributed by atoms with Crippen LogP contribution in [0.15, 0.2) is 0 Å². The lowest BCUT2D eigenvalue weighted by Gasteiger charge is -2.34. The largest absolute Gasteiger partial charge is 0.479 e. The van der Waals surface area contributed by atoms with E-state index in [9.17, 15) is 20.0 Å². The van der Waals surface area contributed by atoms with E-state index in [1.807, 2.05) is 6.92 Å². The number of aromatic nitrogens is 2. The van der Waals surface area contributed by atoms with Crippen molar-refractivity contribution in [3.8, 4) is 0 Å². The second-order valence-electron chi connectivity index (χ2n) is 5.28. The molecule has 1 aromatic rings. The third-order valence-corrected chi connectivity index (χ3v) is 4.28. The van der Waals surface area contributed by atoms with Gasteiger partial charge in [0.15, 0.2) is 0 Å². The SMILES string of the molecule is CCn1nc(C)c([N+](=O)[O-])c1N1CCCC1(CC)C(=O)O. The topological polar surface area (TPSA) is 101 Å². The molecule has 2 rings (SSSR count). The van der Waals surface area contributed by atoms with Gasteiger partial charge in [0.2, 0.25) is 5.82 Å². The van der Waals surface area contributed by atoms with Crippen molar-refractivity contribution in [2.75, 3.05) is 11.4 Å². The van der Waals surface area contributed by atoms with Gasteiger partial charge in [0.05, 0.1) is 4.92 Å². The Balaban J connectivity index is 2.65. The maximum Gasteiger partial charge on any atom is 0.333 e. The first-order valence-corrected chi connectivity index (χ1v) is 7.11. The molecule has 0 bridgehead atoms. The fraction of sp³-hybridized carbons (Fsp3) is 0.692. The molecular formula is C13H20N4O4. The van der Waals surface area contributed by atoms with E-state index in [0.29, 0.717) is 43.9 Å². The van der Waals surface area contributed by atoms with Crippen molar-refractivity contribution < 1.29 is 14.8 Å². The average Bonchev–Trinajstić information content (AvgIpc) is 2.98. The molecule has 0 spiro atoms. The van der Waals surface area contributed by atoms with Crippen LogP contribution in [0.1, 0.15) is 38.8 Å². The van der Waals surface area contributed by atoms with Crippen LogP contribution in [0, 0.1) is 17.0 Å². The van der Waals surface area contributed by atoms with E-state index in [1.54, 1.807) is 18.7 Å². The highest BCUT2D eigenvalue weighted by atomic mass is 16.6. The smallest absolute Gasteiger partial charge is 0.333 e. The lowest BCUT2D eigenvalue weighted by molar-refractivity contribution is -0.384. The van der Waals surface area contributed by atoms with Crippen molar-refractivity contribution in [3.05, 3.63) is 15.8 Å². The summed E-state index contributed by atoms with van der Waals surface area (Å²) in [6.07, 6.45) is 1.59. The van der Waals surface area contributed by atoms with E-state index in [-0.39, 0.29) is 5.69 Å². The fourth-order valence-corrected chi connectivity index (χ4v) is 3.19. The molecule has 1 aromatic heterocycles. The lowest BCUT2D eigenvalue weighted by Crippen LogP contribution is -2.51. The number of anilines is 1. The molecule has 0 aliphatic carbocycles. The fourth-order valence-electron chi connectivity index (χ4n) is 3.19. The van der Waals surface area contributed by atoms with Crippen LogP contribution in [0.2, 0.25) is 0 Å². The van der Waals surface area contributed by atoms with Crippen LogP contribution in [0.4, 0.5) is 11.5 Å². The maximum absolute atomic E-state index is 11.8. The second-order valence-corrected chi connectivity index (χ2v) is 5.28. The molecule has 0 aromatic carbocycles. The van der Waals surface area contributed by atoms with Gasteiger partial charge in [-0.1, -0.05) is 6.92 Å². The van der Waals surface area contributed by atoms with E-state index < -0.39 is 16.4 Å². The molecule has 1 atom stereocenters.